The lowest BCUT2D eigenvalue weighted by atomic mass is 9.91. The molecule has 2 rings (SSSR count). The van der Waals surface area contributed by atoms with Crippen LogP contribution < -0.4 is 5.32 Å². The number of nitrogens with one attached hydrogen (secondary N) is 1. The highest BCUT2D eigenvalue weighted by molar-refractivity contribution is 6.30. The first-order valence-corrected chi connectivity index (χ1v) is 8.32. The van der Waals surface area contributed by atoms with Crippen molar-refractivity contribution in [2.45, 2.75) is 19.4 Å². The van der Waals surface area contributed by atoms with Crippen molar-refractivity contribution in [3.8, 4) is 0 Å². The number of carboxylic acid groups (broad SMARTS) is 1. The van der Waals surface area contributed by atoms with Gasteiger partial charge in [0.25, 0.3) is 0 Å². The molecule has 24 heavy (non-hydrogen) atoms. The summed E-state index contributed by atoms with van der Waals surface area (Å²) in [6, 6.07) is 6.99. The van der Waals surface area contributed by atoms with Crippen LogP contribution in [0.2, 0.25) is 5.02 Å². The van der Waals surface area contributed by atoms with E-state index in [1.165, 1.54) is 0 Å². The predicted octanol–water partition coefficient (Wildman–Crippen LogP) is 2.78. The topological polar surface area (TPSA) is 78.9 Å². The Hall–Kier alpha value is -1.79. The number of nitrogens with zero attached hydrogens (tertiary/aromatic N) is 1. The second-order valence-corrected chi connectivity index (χ2v) is 6.68. The maximum Gasteiger partial charge on any atom is 0.317 e. The average molecular weight is 355 g/mol. The summed E-state index contributed by atoms with van der Waals surface area (Å²) in [5.74, 6) is -1.19. The third-order valence-electron chi connectivity index (χ3n) is 4.26. The van der Waals surface area contributed by atoms with Crippen molar-refractivity contribution in [2.75, 3.05) is 26.7 Å². The lowest BCUT2D eigenvalue weighted by Gasteiger charge is -2.34. The van der Waals surface area contributed by atoms with Crippen LogP contribution in [0, 0.1) is 11.8 Å². The fraction of sp³-hybridized carbons (Fsp3) is 0.529. The Morgan fingerprint density at radius 1 is 1.38 bits per heavy atom. The van der Waals surface area contributed by atoms with E-state index in [1.807, 2.05) is 19.1 Å². The normalized spacial score (nSPS) is 22.0. The molecular formula is C17H23ClN2O4. The molecule has 1 aliphatic heterocycles. The molecule has 3 atom stereocenters. The molecule has 2 amide bonds. The Labute approximate surface area is 146 Å². The number of hydrogen-bond donors (Lipinski definition) is 2. The van der Waals surface area contributed by atoms with E-state index in [-0.39, 0.29) is 24.6 Å². The molecule has 1 aliphatic rings. The first kappa shape index (κ1) is 18.5. The number of likely N-dealkylation sites (tertiary alicyclic amines) is 1. The van der Waals surface area contributed by atoms with Crippen LogP contribution in [0.3, 0.4) is 0 Å². The van der Waals surface area contributed by atoms with Gasteiger partial charge in [0.2, 0.25) is 0 Å². The first-order chi connectivity index (χ1) is 11.4. The summed E-state index contributed by atoms with van der Waals surface area (Å²) in [6.07, 6.45) is 0.314. The third kappa shape index (κ3) is 4.85. The molecule has 7 heteroatoms. The third-order valence-corrected chi connectivity index (χ3v) is 4.51. The summed E-state index contributed by atoms with van der Waals surface area (Å²) >= 11 is 5.88. The number of carbonyl (C=O) groups is 2. The molecule has 0 radical (unpaired) electrons. The minimum atomic E-state index is -0.852. The van der Waals surface area contributed by atoms with Gasteiger partial charge in [-0.25, -0.2) is 4.79 Å². The number of carboxylic acids is 1. The Balaban J connectivity index is 1.93. The van der Waals surface area contributed by atoms with Gasteiger partial charge in [-0.3, -0.25) is 4.79 Å². The van der Waals surface area contributed by atoms with Gasteiger partial charge in [0, 0.05) is 31.8 Å². The summed E-state index contributed by atoms with van der Waals surface area (Å²) in [4.78, 5) is 25.1. The van der Waals surface area contributed by atoms with E-state index in [2.05, 4.69) is 5.32 Å². The van der Waals surface area contributed by atoms with E-state index in [0.717, 1.165) is 5.56 Å². The lowest BCUT2D eigenvalue weighted by molar-refractivity contribution is -0.143. The van der Waals surface area contributed by atoms with E-state index < -0.39 is 11.9 Å². The molecule has 0 aromatic heterocycles. The van der Waals surface area contributed by atoms with Crippen LogP contribution in [-0.2, 0) is 9.53 Å². The van der Waals surface area contributed by atoms with Crippen LogP contribution in [0.4, 0.5) is 4.79 Å². The maximum atomic E-state index is 12.4. The van der Waals surface area contributed by atoms with Gasteiger partial charge < -0.3 is 20.1 Å². The molecule has 0 bridgehead atoms. The van der Waals surface area contributed by atoms with Crippen LogP contribution in [0.15, 0.2) is 24.3 Å². The highest BCUT2D eigenvalue weighted by atomic mass is 35.5. The molecule has 1 aromatic rings. The summed E-state index contributed by atoms with van der Waals surface area (Å²) in [5, 5.41) is 12.7. The first-order valence-electron chi connectivity index (χ1n) is 7.94. The number of benzene rings is 1. The Morgan fingerprint density at radius 3 is 2.62 bits per heavy atom. The minimum absolute atomic E-state index is 0.167. The average Bonchev–Trinajstić information content (AvgIpc) is 2.56. The highest BCUT2D eigenvalue weighted by Gasteiger charge is 2.32. The second-order valence-electron chi connectivity index (χ2n) is 6.24. The van der Waals surface area contributed by atoms with Crippen molar-refractivity contribution in [1.82, 2.24) is 10.2 Å². The molecule has 3 unspecified atom stereocenters. The Morgan fingerprint density at radius 2 is 2.04 bits per heavy atom. The zero-order chi connectivity index (χ0) is 17.7. The van der Waals surface area contributed by atoms with Crippen molar-refractivity contribution in [3.63, 3.8) is 0 Å². The van der Waals surface area contributed by atoms with E-state index in [1.54, 1.807) is 24.1 Å². The summed E-state index contributed by atoms with van der Waals surface area (Å²) in [7, 11) is 1.58. The van der Waals surface area contributed by atoms with E-state index in [9.17, 15) is 14.7 Å². The van der Waals surface area contributed by atoms with Crippen LogP contribution in [0.5, 0.6) is 0 Å². The Bertz CT molecular complexity index is 578. The number of carbonyl (C=O) groups excluding carboxylic acids is 1. The molecule has 1 heterocycles. The van der Waals surface area contributed by atoms with E-state index in [0.29, 0.717) is 24.5 Å². The number of aliphatic carboxylic acids is 1. The fourth-order valence-corrected chi connectivity index (χ4v) is 3.13. The number of hydrogen-bond acceptors (Lipinski definition) is 3. The molecule has 6 nitrogen and oxygen atoms in total. The van der Waals surface area contributed by atoms with Crippen molar-refractivity contribution < 1.29 is 19.4 Å². The summed E-state index contributed by atoms with van der Waals surface area (Å²) < 4.78 is 5.42. The van der Waals surface area contributed by atoms with E-state index in [4.69, 9.17) is 16.3 Å². The number of methoxy groups -OCH3 is 1. The monoisotopic (exact) mass is 354 g/mol. The van der Waals surface area contributed by atoms with Crippen LogP contribution in [0.1, 0.15) is 25.0 Å². The van der Waals surface area contributed by atoms with Crippen LogP contribution >= 0.6 is 11.6 Å². The smallest absolute Gasteiger partial charge is 0.317 e. The lowest BCUT2D eigenvalue weighted by Crippen LogP contribution is -2.50. The van der Waals surface area contributed by atoms with Gasteiger partial charge in [-0.2, -0.15) is 0 Å². The van der Waals surface area contributed by atoms with Gasteiger partial charge in [-0.1, -0.05) is 30.7 Å². The quantitative estimate of drug-likeness (QED) is 0.852. The number of urea groups is 1. The van der Waals surface area contributed by atoms with Gasteiger partial charge in [-0.05, 0) is 30.0 Å². The van der Waals surface area contributed by atoms with Gasteiger partial charge in [0.1, 0.15) is 0 Å². The van der Waals surface area contributed by atoms with Crippen LogP contribution in [-0.4, -0.2) is 48.8 Å². The summed E-state index contributed by atoms with van der Waals surface area (Å²) in [6.45, 7) is 3.07. The second kappa shape index (κ2) is 8.35. The maximum absolute atomic E-state index is 12.4. The van der Waals surface area contributed by atoms with Crippen molar-refractivity contribution in [2.24, 2.45) is 11.8 Å². The van der Waals surface area contributed by atoms with Crippen molar-refractivity contribution in [1.29, 1.82) is 0 Å². The van der Waals surface area contributed by atoms with E-state index >= 15 is 0 Å². The molecule has 0 aliphatic carbocycles. The van der Waals surface area contributed by atoms with Gasteiger partial charge in [-0.15, -0.1) is 0 Å². The standard InChI is InChI=1S/C17H23ClN2O4/c1-11-7-13(16(21)22)10-20(9-11)17(23)19-8-15(24-2)12-3-5-14(18)6-4-12/h3-6,11,13,15H,7-10H2,1-2H3,(H,19,23)(H,21,22). The summed E-state index contributed by atoms with van der Waals surface area (Å²) in [5.41, 5.74) is 0.914. The minimum Gasteiger partial charge on any atom is -0.481 e. The largest absolute Gasteiger partial charge is 0.481 e. The zero-order valence-electron chi connectivity index (χ0n) is 13.9. The molecule has 0 saturated carbocycles. The van der Waals surface area contributed by atoms with Gasteiger partial charge >= 0.3 is 12.0 Å². The molecule has 2 N–H and O–H groups in total. The molecule has 1 fully saturated rings. The highest BCUT2D eigenvalue weighted by Crippen LogP contribution is 2.22. The molecule has 1 saturated heterocycles. The van der Waals surface area contributed by atoms with Gasteiger partial charge in [0.05, 0.1) is 12.0 Å². The van der Waals surface area contributed by atoms with Crippen LogP contribution in [0.25, 0.3) is 0 Å². The molecule has 132 valence electrons. The fourth-order valence-electron chi connectivity index (χ4n) is 3.00. The molecular weight excluding hydrogens is 332 g/mol. The number of piperidine rings is 1. The number of ether oxygens (including phenoxy) is 1. The van der Waals surface area contributed by atoms with Crippen molar-refractivity contribution in [3.05, 3.63) is 34.9 Å². The number of rotatable bonds is 5. The van der Waals surface area contributed by atoms with Crippen molar-refractivity contribution >= 4 is 23.6 Å². The molecule has 1 aromatic carbocycles. The molecule has 0 spiro atoms. The number of amides is 2. The Kier molecular flexibility index (Phi) is 6.45. The van der Waals surface area contributed by atoms with Gasteiger partial charge in [0.15, 0.2) is 0 Å². The predicted molar refractivity (Wildman–Crippen MR) is 91.1 cm³/mol. The zero-order valence-corrected chi connectivity index (χ0v) is 14.6. The number of halogens is 1. The SMILES string of the molecule is COC(CNC(=O)N1CC(C)CC(C(=O)O)C1)c1ccc(Cl)cc1.